The van der Waals surface area contributed by atoms with Gasteiger partial charge in [-0.1, -0.05) is 25.2 Å². The molecule has 60 valence electrons. The van der Waals surface area contributed by atoms with Crippen LogP contribution in [0.25, 0.3) is 0 Å². The number of aliphatic imine (C=N–C) groups is 1. The molecule has 0 N–H and O–H groups in total. The summed E-state index contributed by atoms with van der Waals surface area (Å²) in [7, 11) is 0. The molecule has 0 aliphatic carbocycles. The Balaban J connectivity index is 2.69. The topological polar surface area (TPSA) is 12.4 Å². The third-order valence-electron chi connectivity index (χ3n) is 2.03. The molecule has 0 spiro atoms. The Morgan fingerprint density at radius 1 is 1.82 bits per heavy atom. The minimum absolute atomic E-state index is 0.480. The summed E-state index contributed by atoms with van der Waals surface area (Å²) in [5, 5.41) is 0. The summed E-state index contributed by atoms with van der Waals surface area (Å²) in [5.41, 5.74) is 2.43. The maximum Gasteiger partial charge on any atom is 0.0577 e. The first-order valence-corrected chi connectivity index (χ1v) is 4.12. The van der Waals surface area contributed by atoms with Crippen molar-refractivity contribution in [2.24, 2.45) is 10.9 Å². The van der Waals surface area contributed by atoms with Gasteiger partial charge in [0.2, 0.25) is 0 Å². The number of allylic oxidation sites excluding steroid dienone is 2. The van der Waals surface area contributed by atoms with Gasteiger partial charge < -0.3 is 0 Å². The maximum absolute atomic E-state index is 4.37. The van der Waals surface area contributed by atoms with Crippen LogP contribution in [0, 0.1) is 5.92 Å². The van der Waals surface area contributed by atoms with E-state index in [1.807, 2.05) is 0 Å². The highest BCUT2D eigenvalue weighted by Crippen LogP contribution is 2.17. The molecule has 11 heavy (non-hydrogen) atoms. The Kier molecular flexibility index (Phi) is 2.64. The molecule has 1 atom stereocenters. The van der Waals surface area contributed by atoms with Crippen LogP contribution in [0.2, 0.25) is 0 Å². The van der Waals surface area contributed by atoms with Crippen molar-refractivity contribution >= 4 is 5.71 Å². The molecule has 0 aromatic rings. The quantitative estimate of drug-likeness (QED) is 0.547. The summed E-state index contributed by atoms with van der Waals surface area (Å²) in [6.45, 7) is 9.06. The van der Waals surface area contributed by atoms with E-state index in [-0.39, 0.29) is 0 Å². The smallest absolute Gasteiger partial charge is 0.0577 e. The predicted octanol–water partition coefficient (Wildman–Crippen LogP) is 2.60. The second-order valence-electron chi connectivity index (χ2n) is 2.98. The molecule has 0 saturated heterocycles. The van der Waals surface area contributed by atoms with Crippen LogP contribution in [0.4, 0.5) is 0 Å². The monoisotopic (exact) mass is 149 g/mol. The zero-order valence-electron chi connectivity index (χ0n) is 7.30. The van der Waals surface area contributed by atoms with Gasteiger partial charge in [-0.3, -0.25) is 4.99 Å². The van der Waals surface area contributed by atoms with E-state index in [1.165, 1.54) is 11.3 Å². The lowest BCUT2D eigenvalue weighted by molar-refractivity contribution is 0.772. The summed E-state index contributed by atoms with van der Waals surface area (Å²) in [6, 6.07) is 0. The predicted molar refractivity (Wildman–Crippen MR) is 50.0 cm³/mol. The van der Waals surface area contributed by atoms with Gasteiger partial charge in [-0.15, -0.1) is 0 Å². The van der Waals surface area contributed by atoms with Gasteiger partial charge >= 0.3 is 0 Å². The number of rotatable bonds is 3. The van der Waals surface area contributed by atoms with Crippen LogP contribution in [0.1, 0.15) is 20.3 Å². The number of nitrogens with zero attached hydrogens (tertiary/aromatic N) is 1. The first kappa shape index (κ1) is 8.25. The molecule has 1 aliphatic rings. The number of hydrogen-bond acceptors (Lipinski definition) is 1. The molecular weight excluding hydrogens is 134 g/mol. The third kappa shape index (κ3) is 1.79. The van der Waals surface area contributed by atoms with Crippen LogP contribution in [0.5, 0.6) is 0 Å². The molecule has 1 nitrogen and oxygen atoms in total. The van der Waals surface area contributed by atoms with Crippen molar-refractivity contribution in [2.75, 3.05) is 6.54 Å². The first-order valence-electron chi connectivity index (χ1n) is 4.12. The van der Waals surface area contributed by atoms with Crippen molar-refractivity contribution in [1.82, 2.24) is 0 Å². The number of hydrogen-bond donors (Lipinski definition) is 0. The lowest BCUT2D eigenvalue weighted by Gasteiger charge is -2.12. The highest BCUT2D eigenvalue weighted by atomic mass is 14.7. The Morgan fingerprint density at radius 3 is 2.91 bits per heavy atom. The summed E-state index contributed by atoms with van der Waals surface area (Å²) < 4.78 is 0. The first-order chi connectivity index (χ1) is 5.25. The Morgan fingerprint density at radius 2 is 2.55 bits per heavy atom. The molecule has 0 radical (unpaired) electrons. The molecule has 0 saturated carbocycles. The van der Waals surface area contributed by atoms with Crippen LogP contribution in [-0.2, 0) is 0 Å². The fourth-order valence-electron chi connectivity index (χ4n) is 1.42. The third-order valence-corrected chi connectivity index (χ3v) is 2.03. The van der Waals surface area contributed by atoms with E-state index in [9.17, 15) is 0 Å². The highest BCUT2D eigenvalue weighted by Gasteiger charge is 2.13. The minimum atomic E-state index is 0.480. The average Bonchev–Trinajstić information content (AvgIpc) is 2.40. The molecule has 1 rings (SSSR count). The largest absolute Gasteiger partial charge is 0.285 e. The van der Waals surface area contributed by atoms with E-state index >= 15 is 0 Å². The summed E-state index contributed by atoms with van der Waals surface area (Å²) >= 11 is 0. The molecule has 0 aromatic carbocycles. The van der Waals surface area contributed by atoms with Gasteiger partial charge in [0.25, 0.3) is 0 Å². The molecule has 1 heteroatoms. The molecule has 0 bridgehead atoms. The van der Waals surface area contributed by atoms with E-state index in [0.29, 0.717) is 5.92 Å². The molecule has 0 fully saturated rings. The van der Waals surface area contributed by atoms with Crippen molar-refractivity contribution in [3.8, 4) is 0 Å². The van der Waals surface area contributed by atoms with E-state index in [2.05, 4.69) is 37.6 Å². The van der Waals surface area contributed by atoms with Gasteiger partial charge in [-0.25, -0.2) is 0 Å². The van der Waals surface area contributed by atoms with Gasteiger partial charge in [-0.2, -0.15) is 0 Å². The second-order valence-corrected chi connectivity index (χ2v) is 2.98. The zero-order valence-corrected chi connectivity index (χ0v) is 7.30. The Bertz CT molecular complexity index is 211. The summed E-state index contributed by atoms with van der Waals surface area (Å²) in [4.78, 5) is 4.37. The van der Waals surface area contributed by atoms with Gasteiger partial charge in [0.05, 0.1) is 6.54 Å². The second kappa shape index (κ2) is 3.51. The standard InChI is InChI=1S/C10H15N/c1-4-9(8(2)3)10-6-5-7-11-10/h5-6,9H,2,4,7H2,1,3H3. The van der Waals surface area contributed by atoms with Crippen LogP contribution in [0.3, 0.4) is 0 Å². The van der Waals surface area contributed by atoms with Crippen molar-refractivity contribution in [2.45, 2.75) is 20.3 Å². The molecular formula is C10H15N. The zero-order chi connectivity index (χ0) is 8.27. The van der Waals surface area contributed by atoms with Gasteiger partial charge in [0, 0.05) is 11.6 Å². The SMILES string of the molecule is C=C(C)C(CC)C1=NCC=C1. The summed E-state index contributed by atoms with van der Waals surface area (Å²) in [6.07, 6.45) is 5.32. The summed E-state index contributed by atoms with van der Waals surface area (Å²) in [5.74, 6) is 0.480. The van der Waals surface area contributed by atoms with Gasteiger partial charge in [0.15, 0.2) is 0 Å². The van der Waals surface area contributed by atoms with Gasteiger partial charge in [-0.05, 0) is 19.4 Å². The van der Waals surface area contributed by atoms with Crippen molar-refractivity contribution in [3.05, 3.63) is 24.3 Å². The lowest BCUT2D eigenvalue weighted by atomic mass is 9.94. The van der Waals surface area contributed by atoms with Crippen LogP contribution in [0.15, 0.2) is 29.3 Å². The van der Waals surface area contributed by atoms with Crippen molar-refractivity contribution < 1.29 is 0 Å². The average molecular weight is 149 g/mol. The minimum Gasteiger partial charge on any atom is -0.285 e. The van der Waals surface area contributed by atoms with Crippen LogP contribution in [-0.4, -0.2) is 12.3 Å². The molecule has 1 heterocycles. The van der Waals surface area contributed by atoms with E-state index in [0.717, 1.165) is 13.0 Å². The van der Waals surface area contributed by atoms with E-state index in [1.54, 1.807) is 0 Å². The lowest BCUT2D eigenvalue weighted by Crippen LogP contribution is -2.10. The van der Waals surface area contributed by atoms with E-state index < -0.39 is 0 Å². The van der Waals surface area contributed by atoms with Gasteiger partial charge in [0.1, 0.15) is 0 Å². The molecule has 0 amide bonds. The Hall–Kier alpha value is -0.850. The van der Waals surface area contributed by atoms with Crippen LogP contribution >= 0.6 is 0 Å². The van der Waals surface area contributed by atoms with E-state index in [4.69, 9.17) is 0 Å². The fraction of sp³-hybridized carbons (Fsp3) is 0.500. The maximum atomic E-state index is 4.37. The van der Waals surface area contributed by atoms with Crippen LogP contribution < -0.4 is 0 Å². The van der Waals surface area contributed by atoms with Crippen molar-refractivity contribution in [3.63, 3.8) is 0 Å². The highest BCUT2D eigenvalue weighted by molar-refractivity contribution is 5.99. The Labute approximate surface area is 68.5 Å². The van der Waals surface area contributed by atoms with Crippen molar-refractivity contribution in [1.29, 1.82) is 0 Å². The molecule has 1 aliphatic heterocycles. The molecule has 0 aromatic heterocycles. The fourth-order valence-corrected chi connectivity index (χ4v) is 1.42. The molecule has 1 unspecified atom stereocenters. The normalized spacial score (nSPS) is 18.2.